The van der Waals surface area contributed by atoms with Gasteiger partial charge in [-0.25, -0.2) is 8.42 Å². The minimum Gasteiger partial charge on any atom is -0.368 e. The number of hydrogen-bond acceptors (Lipinski definition) is 5. The molecule has 1 N–H and O–H groups in total. The Morgan fingerprint density at radius 2 is 1.62 bits per heavy atom. The average molecular weight is 555 g/mol. The lowest BCUT2D eigenvalue weighted by atomic mass is 10.1. The van der Waals surface area contributed by atoms with Gasteiger partial charge in [0.05, 0.1) is 11.1 Å². The van der Waals surface area contributed by atoms with E-state index in [0.717, 1.165) is 17.7 Å². The number of anilines is 2. The normalized spacial score (nSPS) is 14.5. The summed E-state index contributed by atoms with van der Waals surface area (Å²) in [7, 11) is -3.93. The fourth-order valence-electron chi connectivity index (χ4n) is 4.64. The maximum atomic E-state index is 13.2. The highest BCUT2D eigenvalue weighted by Crippen LogP contribution is 2.34. The molecule has 0 saturated carbocycles. The average Bonchev–Trinajstić information content (AvgIpc) is 2.92. The lowest BCUT2D eigenvalue weighted by Gasteiger charge is -2.37. The van der Waals surface area contributed by atoms with Crippen LogP contribution in [0.4, 0.5) is 24.5 Å². The minimum absolute atomic E-state index is 0.0506. The summed E-state index contributed by atoms with van der Waals surface area (Å²) in [6, 6.07) is 18.2. The molecular formula is C28H25F3N4O3S. The van der Waals surface area contributed by atoms with Crippen molar-refractivity contribution in [2.45, 2.75) is 18.0 Å². The van der Waals surface area contributed by atoms with E-state index in [0.29, 0.717) is 54.0 Å². The number of alkyl halides is 3. The summed E-state index contributed by atoms with van der Waals surface area (Å²) < 4.78 is 68.1. The number of benzene rings is 3. The molecule has 0 spiro atoms. The number of fused-ring (bicyclic) bond motifs is 1. The molecule has 3 aromatic carbocycles. The second kappa shape index (κ2) is 10.2. The van der Waals surface area contributed by atoms with Crippen LogP contribution >= 0.6 is 0 Å². The van der Waals surface area contributed by atoms with E-state index in [1.165, 1.54) is 30.5 Å². The first-order valence-corrected chi connectivity index (χ1v) is 13.7. The molecule has 0 aliphatic carbocycles. The molecule has 39 heavy (non-hydrogen) atoms. The van der Waals surface area contributed by atoms with E-state index >= 15 is 0 Å². The zero-order valence-electron chi connectivity index (χ0n) is 20.9. The number of aryl methyl sites for hydroxylation is 1. The number of amides is 1. The van der Waals surface area contributed by atoms with Crippen molar-refractivity contribution in [3.05, 3.63) is 95.7 Å². The van der Waals surface area contributed by atoms with E-state index in [4.69, 9.17) is 0 Å². The molecule has 0 atom stereocenters. The number of aromatic nitrogens is 1. The van der Waals surface area contributed by atoms with Gasteiger partial charge in [0.2, 0.25) is 0 Å². The minimum atomic E-state index is -4.42. The van der Waals surface area contributed by atoms with Crippen LogP contribution in [0.15, 0.2) is 83.9 Å². The molecule has 2 heterocycles. The molecule has 1 fully saturated rings. The van der Waals surface area contributed by atoms with E-state index in [1.54, 1.807) is 48.2 Å². The highest BCUT2D eigenvalue weighted by molar-refractivity contribution is 7.93. The number of para-hydroxylation sites is 1. The molecular weight excluding hydrogens is 529 g/mol. The number of carbonyl (C=O) groups excluding carboxylic acids is 1. The third-order valence-corrected chi connectivity index (χ3v) is 8.13. The Hall–Kier alpha value is -4.12. The summed E-state index contributed by atoms with van der Waals surface area (Å²) in [6.45, 7) is 3.24. The van der Waals surface area contributed by atoms with E-state index in [2.05, 4.69) is 9.71 Å². The summed E-state index contributed by atoms with van der Waals surface area (Å²) in [4.78, 5) is 20.8. The number of halogens is 3. The van der Waals surface area contributed by atoms with Gasteiger partial charge in [-0.1, -0.05) is 24.3 Å². The third kappa shape index (κ3) is 5.53. The smallest absolute Gasteiger partial charge is 0.368 e. The van der Waals surface area contributed by atoms with Crippen LogP contribution in [0.2, 0.25) is 0 Å². The van der Waals surface area contributed by atoms with Crippen molar-refractivity contribution < 1.29 is 26.4 Å². The van der Waals surface area contributed by atoms with Crippen LogP contribution in [0.3, 0.4) is 0 Å². The van der Waals surface area contributed by atoms with Crippen molar-refractivity contribution >= 4 is 38.2 Å². The molecule has 7 nitrogen and oxygen atoms in total. The van der Waals surface area contributed by atoms with Crippen LogP contribution in [0, 0.1) is 6.92 Å². The molecule has 5 rings (SSSR count). The van der Waals surface area contributed by atoms with E-state index < -0.39 is 21.8 Å². The van der Waals surface area contributed by atoms with Crippen molar-refractivity contribution in [1.29, 1.82) is 0 Å². The lowest BCUT2D eigenvalue weighted by molar-refractivity contribution is -0.137. The fraction of sp³-hybridized carbons (Fsp3) is 0.214. The maximum Gasteiger partial charge on any atom is 0.416 e. The first-order chi connectivity index (χ1) is 18.5. The van der Waals surface area contributed by atoms with Crippen molar-refractivity contribution in [3.63, 3.8) is 0 Å². The summed E-state index contributed by atoms with van der Waals surface area (Å²) >= 11 is 0. The van der Waals surface area contributed by atoms with Crippen molar-refractivity contribution in [2.75, 3.05) is 35.8 Å². The summed E-state index contributed by atoms with van der Waals surface area (Å²) in [5.41, 5.74) is 1.58. The SMILES string of the molecule is Cc1ccc(C(F)(F)F)cc1N1CCN(C(=O)c2ccc(NS(=O)(=O)c3cccc4cccnc34)cc2)CC1. The molecule has 0 bridgehead atoms. The van der Waals surface area contributed by atoms with E-state index in [-0.39, 0.29) is 10.8 Å². The second-order valence-electron chi connectivity index (χ2n) is 9.29. The Labute approximate surface area is 223 Å². The summed E-state index contributed by atoms with van der Waals surface area (Å²) in [6.07, 6.45) is -2.89. The van der Waals surface area contributed by atoms with Gasteiger partial charge in [0.15, 0.2) is 0 Å². The Balaban J connectivity index is 1.25. The predicted octanol–water partition coefficient (Wildman–Crippen LogP) is 5.33. The zero-order valence-corrected chi connectivity index (χ0v) is 21.8. The summed E-state index contributed by atoms with van der Waals surface area (Å²) in [5.74, 6) is -0.233. The molecule has 1 amide bonds. The molecule has 202 valence electrons. The Morgan fingerprint density at radius 3 is 2.31 bits per heavy atom. The first kappa shape index (κ1) is 26.5. The molecule has 0 unspecified atom stereocenters. The molecule has 1 aromatic heterocycles. The maximum absolute atomic E-state index is 13.2. The Morgan fingerprint density at radius 1 is 0.923 bits per heavy atom. The highest BCUT2D eigenvalue weighted by atomic mass is 32.2. The number of rotatable bonds is 5. The monoisotopic (exact) mass is 554 g/mol. The van der Waals surface area contributed by atoms with Crippen LogP contribution in [-0.4, -0.2) is 50.4 Å². The predicted molar refractivity (Wildman–Crippen MR) is 143 cm³/mol. The number of carbonyl (C=O) groups is 1. The van der Waals surface area contributed by atoms with Gasteiger partial charge < -0.3 is 9.80 Å². The van der Waals surface area contributed by atoms with Gasteiger partial charge in [-0.3, -0.25) is 14.5 Å². The zero-order chi connectivity index (χ0) is 27.8. The lowest BCUT2D eigenvalue weighted by Crippen LogP contribution is -2.49. The van der Waals surface area contributed by atoms with Crippen molar-refractivity contribution in [2.24, 2.45) is 0 Å². The Bertz CT molecular complexity index is 1630. The summed E-state index contributed by atoms with van der Waals surface area (Å²) in [5, 5.41) is 0.699. The van der Waals surface area contributed by atoms with Gasteiger partial charge in [0, 0.05) is 54.7 Å². The van der Waals surface area contributed by atoms with Crippen LogP contribution in [0.1, 0.15) is 21.5 Å². The molecule has 1 aliphatic rings. The van der Waals surface area contributed by atoms with Crippen LogP contribution in [-0.2, 0) is 16.2 Å². The van der Waals surface area contributed by atoms with Crippen molar-refractivity contribution in [3.8, 4) is 0 Å². The van der Waals surface area contributed by atoms with Gasteiger partial charge >= 0.3 is 6.18 Å². The number of pyridine rings is 1. The second-order valence-corrected chi connectivity index (χ2v) is 10.9. The number of nitrogens with zero attached hydrogens (tertiary/aromatic N) is 3. The molecule has 11 heteroatoms. The van der Waals surface area contributed by atoms with Crippen LogP contribution in [0.25, 0.3) is 10.9 Å². The van der Waals surface area contributed by atoms with Gasteiger partial charge in [0.25, 0.3) is 15.9 Å². The molecule has 1 saturated heterocycles. The van der Waals surface area contributed by atoms with Gasteiger partial charge in [-0.2, -0.15) is 13.2 Å². The number of nitrogens with one attached hydrogen (secondary N) is 1. The van der Waals surface area contributed by atoms with Gasteiger partial charge in [0.1, 0.15) is 4.90 Å². The largest absolute Gasteiger partial charge is 0.416 e. The highest BCUT2D eigenvalue weighted by Gasteiger charge is 2.32. The standard InChI is InChI=1S/C28H25F3N4O3S/c1-19-7-10-22(28(29,30)31)18-24(19)34-14-16-35(17-15-34)27(36)21-8-11-23(12-9-21)33-39(37,38)25-6-2-4-20-5-3-13-32-26(20)25/h2-13,18,33H,14-17H2,1H3. The topological polar surface area (TPSA) is 82.6 Å². The number of piperazine rings is 1. The van der Waals surface area contributed by atoms with E-state index in [1.807, 2.05) is 4.90 Å². The third-order valence-electron chi connectivity index (χ3n) is 6.71. The van der Waals surface area contributed by atoms with Crippen LogP contribution in [0.5, 0.6) is 0 Å². The number of sulfonamides is 1. The number of hydrogen-bond donors (Lipinski definition) is 1. The van der Waals surface area contributed by atoms with Gasteiger partial charge in [-0.05, 0) is 61.0 Å². The fourth-order valence-corrected chi connectivity index (χ4v) is 5.88. The molecule has 4 aromatic rings. The molecule has 1 aliphatic heterocycles. The van der Waals surface area contributed by atoms with Gasteiger partial charge in [-0.15, -0.1) is 0 Å². The molecule has 0 radical (unpaired) electrons. The van der Waals surface area contributed by atoms with E-state index in [9.17, 15) is 26.4 Å². The first-order valence-electron chi connectivity index (χ1n) is 12.2. The Kier molecular flexibility index (Phi) is 6.94. The quantitative estimate of drug-likeness (QED) is 0.361. The van der Waals surface area contributed by atoms with Crippen LogP contribution < -0.4 is 9.62 Å². The van der Waals surface area contributed by atoms with Crippen molar-refractivity contribution in [1.82, 2.24) is 9.88 Å².